The van der Waals surface area contributed by atoms with E-state index in [2.05, 4.69) is 18.7 Å². The Bertz CT molecular complexity index is 1020. The average molecular weight is 516 g/mol. The molecule has 2 aromatic heterocycles. The number of halogens is 1. The second-order valence-electron chi connectivity index (χ2n) is 8.11. The quantitative estimate of drug-likeness (QED) is 0.342. The molecule has 0 radical (unpaired) electrons. The fourth-order valence-electron chi connectivity index (χ4n) is 3.75. The second kappa shape index (κ2) is 8.99. The zero-order chi connectivity index (χ0) is 21.3. The molecule has 1 amide bonds. The van der Waals surface area contributed by atoms with Crippen LogP contribution in [0.1, 0.15) is 32.5 Å². The number of hydrogen-bond donors (Lipinski definition) is 0. The highest BCUT2D eigenvalue weighted by Gasteiger charge is 2.23. The van der Waals surface area contributed by atoms with Crippen molar-refractivity contribution < 1.29 is 4.79 Å². The summed E-state index contributed by atoms with van der Waals surface area (Å²) in [4.78, 5) is 45.8. The number of carbonyl (C=O) groups excluding carboxylic acids is 1. The molecule has 1 aliphatic rings. The molecule has 0 N–H and O–H groups in total. The van der Waals surface area contributed by atoms with Gasteiger partial charge in [0.05, 0.1) is 6.54 Å². The van der Waals surface area contributed by atoms with Crippen molar-refractivity contribution in [3.05, 3.63) is 26.7 Å². The Hall–Kier alpha value is -1.69. The Morgan fingerprint density at radius 2 is 1.83 bits per heavy atom. The highest BCUT2D eigenvalue weighted by atomic mass is 127. The minimum atomic E-state index is -0.367. The molecule has 0 spiro atoms. The minimum Gasteiger partial charge on any atom is -0.333 e. The molecule has 3 rings (SSSR count). The summed E-state index contributed by atoms with van der Waals surface area (Å²) in [5, 5.41) is 0. The number of hydrogen-bond acceptors (Lipinski definition) is 5. The molecule has 160 valence electrons. The van der Waals surface area contributed by atoms with Crippen molar-refractivity contribution in [3.8, 4) is 0 Å². The van der Waals surface area contributed by atoms with E-state index in [4.69, 9.17) is 4.98 Å². The van der Waals surface area contributed by atoms with Gasteiger partial charge in [-0.15, -0.1) is 0 Å². The van der Waals surface area contributed by atoms with Crippen LogP contribution in [0.15, 0.2) is 9.59 Å². The Balaban J connectivity index is 2.00. The number of nitrogens with zero attached hydrogens (tertiary/aromatic N) is 6. The Labute approximate surface area is 183 Å². The van der Waals surface area contributed by atoms with Crippen LogP contribution in [0.4, 0.5) is 4.79 Å². The molecule has 2 aromatic rings. The summed E-state index contributed by atoms with van der Waals surface area (Å²) in [5.41, 5.74) is 0.261. The predicted octanol–water partition coefficient (Wildman–Crippen LogP) is 1.54. The van der Waals surface area contributed by atoms with E-state index in [1.54, 1.807) is 7.05 Å². The van der Waals surface area contributed by atoms with Gasteiger partial charge in [0, 0.05) is 69.4 Å². The van der Waals surface area contributed by atoms with Crippen LogP contribution in [-0.4, -0.2) is 58.6 Å². The van der Waals surface area contributed by atoms with Crippen LogP contribution in [0.2, 0.25) is 0 Å². The van der Waals surface area contributed by atoms with Gasteiger partial charge in [0.2, 0.25) is 0 Å². The lowest BCUT2D eigenvalue weighted by atomic mass is 10.1. The Kier molecular flexibility index (Phi) is 6.82. The van der Waals surface area contributed by atoms with Crippen molar-refractivity contribution in [2.24, 2.45) is 20.0 Å². The SMILES string of the molecule is CC(C)CCn1c(CN2CCCN(C(=O)I)CC2)nc2c1c(=O)n(C)c(=O)n2C. The second-order valence-corrected chi connectivity index (χ2v) is 9.03. The van der Waals surface area contributed by atoms with Crippen LogP contribution < -0.4 is 11.2 Å². The summed E-state index contributed by atoms with van der Waals surface area (Å²) >= 11 is 1.84. The third-order valence-corrected chi connectivity index (χ3v) is 6.24. The third-order valence-electron chi connectivity index (χ3n) is 5.56. The van der Waals surface area contributed by atoms with Crippen molar-refractivity contribution in [1.82, 2.24) is 28.5 Å². The first kappa shape index (κ1) is 22.0. The van der Waals surface area contributed by atoms with E-state index in [0.29, 0.717) is 36.7 Å². The molecular weight excluding hydrogens is 487 g/mol. The molecule has 0 unspecified atom stereocenters. The Morgan fingerprint density at radius 1 is 1.10 bits per heavy atom. The van der Waals surface area contributed by atoms with Gasteiger partial charge in [0.25, 0.3) is 9.47 Å². The topological polar surface area (TPSA) is 85.4 Å². The number of carbonyl (C=O) groups is 1. The molecule has 0 aromatic carbocycles. The van der Waals surface area contributed by atoms with E-state index in [9.17, 15) is 14.4 Å². The van der Waals surface area contributed by atoms with Gasteiger partial charge in [-0.2, -0.15) is 0 Å². The number of aromatic nitrogens is 4. The summed E-state index contributed by atoms with van der Waals surface area (Å²) in [6, 6.07) is 0. The highest BCUT2D eigenvalue weighted by molar-refractivity contribution is 14.1. The van der Waals surface area contributed by atoms with Crippen LogP contribution in [-0.2, 0) is 27.2 Å². The lowest BCUT2D eigenvalue weighted by molar-refractivity contribution is 0.223. The maximum absolute atomic E-state index is 12.9. The summed E-state index contributed by atoms with van der Waals surface area (Å²) < 4.78 is 4.66. The normalized spacial score (nSPS) is 16.0. The Morgan fingerprint density at radius 3 is 2.48 bits per heavy atom. The van der Waals surface area contributed by atoms with Gasteiger partial charge in [-0.05, 0) is 18.8 Å². The highest BCUT2D eigenvalue weighted by Crippen LogP contribution is 2.17. The number of amides is 1. The van der Waals surface area contributed by atoms with E-state index in [1.807, 2.05) is 32.1 Å². The zero-order valence-corrected chi connectivity index (χ0v) is 19.7. The zero-order valence-electron chi connectivity index (χ0n) is 17.5. The number of aryl methyl sites for hydroxylation is 2. The lowest BCUT2D eigenvalue weighted by Crippen LogP contribution is -2.37. The molecule has 1 fully saturated rings. The van der Waals surface area contributed by atoms with Crippen LogP contribution in [0.5, 0.6) is 0 Å². The van der Waals surface area contributed by atoms with Gasteiger partial charge in [-0.3, -0.25) is 23.6 Å². The lowest BCUT2D eigenvalue weighted by Gasteiger charge is -2.21. The summed E-state index contributed by atoms with van der Waals surface area (Å²) in [5.74, 6) is 1.28. The van der Waals surface area contributed by atoms with Crippen molar-refractivity contribution in [1.29, 1.82) is 0 Å². The molecule has 1 saturated heterocycles. The van der Waals surface area contributed by atoms with Gasteiger partial charge in [0.15, 0.2) is 11.2 Å². The maximum Gasteiger partial charge on any atom is 0.332 e. The molecule has 9 nitrogen and oxygen atoms in total. The first-order chi connectivity index (χ1) is 13.7. The van der Waals surface area contributed by atoms with Crippen LogP contribution in [0, 0.1) is 5.92 Å². The van der Waals surface area contributed by atoms with Gasteiger partial charge in [-0.1, -0.05) is 13.8 Å². The van der Waals surface area contributed by atoms with Crippen molar-refractivity contribution in [2.75, 3.05) is 26.2 Å². The van der Waals surface area contributed by atoms with Gasteiger partial charge < -0.3 is 9.47 Å². The smallest absolute Gasteiger partial charge is 0.332 e. The molecule has 29 heavy (non-hydrogen) atoms. The van der Waals surface area contributed by atoms with E-state index < -0.39 is 0 Å². The van der Waals surface area contributed by atoms with Crippen LogP contribution in [0.25, 0.3) is 11.2 Å². The first-order valence-electron chi connectivity index (χ1n) is 10.0. The first-order valence-corrected chi connectivity index (χ1v) is 11.1. The molecule has 0 bridgehead atoms. The van der Waals surface area contributed by atoms with Crippen LogP contribution >= 0.6 is 22.6 Å². The molecule has 1 aliphatic heterocycles. The molecule has 10 heteroatoms. The number of imidazole rings is 1. The standard InChI is InChI=1S/C19H29IN6O3/c1-13(2)6-9-26-14(12-24-7-5-8-25(11-10-24)18(20)28)21-16-15(26)17(27)23(4)19(29)22(16)3/h13H,5-12H2,1-4H3. The average Bonchev–Trinajstić information content (AvgIpc) is 2.85. The maximum atomic E-state index is 12.9. The van der Waals surface area contributed by atoms with Gasteiger partial charge in [0.1, 0.15) is 5.82 Å². The van der Waals surface area contributed by atoms with E-state index >= 15 is 0 Å². The summed E-state index contributed by atoms with van der Waals surface area (Å²) in [6.07, 6.45) is 1.82. The third kappa shape index (κ3) is 4.57. The van der Waals surface area contributed by atoms with Gasteiger partial charge >= 0.3 is 5.69 Å². The van der Waals surface area contributed by atoms with Crippen molar-refractivity contribution >= 4 is 37.7 Å². The van der Waals surface area contributed by atoms with E-state index in [-0.39, 0.29) is 15.2 Å². The molecule has 0 aliphatic carbocycles. The van der Waals surface area contributed by atoms with E-state index in [1.165, 1.54) is 11.6 Å². The minimum absolute atomic E-state index is 0.0760. The van der Waals surface area contributed by atoms with Crippen molar-refractivity contribution in [2.45, 2.75) is 39.8 Å². The number of rotatable bonds is 5. The largest absolute Gasteiger partial charge is 0.333 e. The van der Waals surface area contributed by atoms with Crippen molar-refractivity contribution in [3.63, 3.8) is 0 Å². The molecule has 3 heterocycles. The molecule has 0 saturated carbocycles. The van der Waals surface area contributed by atoms with Gasteiger partial charge in [-0.25, -0.2) is 9.78 Å². The van der Waals surface area contributed by atoms with Crippen LogP contribution in [0.3, 0.4) is 0 Å². The summed E-state index contributed by atoms with van der Waals surface area (Å²) in [6.45, 7) is 8.65. The summed E-state index contributed by atoms with van der Waals surface area (Å²) in [7, 11) is 3.16. The molecule has 0 atom stereocenters. The monoisotopic (exact) mass is 516 g/mol. The number of fused-ring (bicyclic) bond motifs is 1. The predicted molar refractivity (Wildman–Crippen MR) is 121 cm³/mol. The van der Waals surface area contributed by atoms with E-state index in [0.717, 1.165) is 42.9 Å². The fourth-order valence-corrected chi connectivity index (χ4v) is 4.23. The fraction of sp³-hybridized carbons (Fsp3) is 0.684. The molecular formula is C19H29IN6O3.